The fraction of sp³-hybridized carbons (Fsp3) is 0.273. The first kappa shape index (κ1) is 22.7. The van der Waals surface area contributed by atoms with Gasteiger partial charge in [0.2, 0.25) is 0 Å². The van der Waals surface area contributed by atoms with E-state index in [9.17, 15) is 4.79 Å². The SMILES string of the molecule is CCOc1ccc(Br)cc1C=C1SC(=S)N(CCc2ccc(OC)c(OC)c2)C1=O. The summed E-state index contributed by atoms with van der Waals surface area (Å²) in [5.41, 5.74) is 1.88. The van der Waals surface area contributed by atoms with Crippen LogP contribution in [0.4, 0.5) is 0 Å². The standard InChI is InChI=1S/C22H22BrNO4S2/c1-4-28-17-8-6-16(23)12-15(17)13-20-21(25)24(22(29)30-20)10-9-14-5-7-18(26-2)19(11-14)27-3/h5-8,11-13H,4,9-10H2,1-3H3. The fourth-order valence-electron chi connectivity index (χ4n) is 3.03. The molecule has 8 heteroatoms. The zero-order valence-corrected chi connectivity index (χ0v) is 20.2. The third kappa shape index (κ3) is 5.17. The van der Waals surface area contributed by atoms with Gasteiger partial charge in [0.25, 0.3) is 5.91 Å². The van der Waals surface area contributed by atoms with E-state index in [0.29, 0.717) is 40.3 Å². The van der Waals surface area contributed by atoms with Crippen molar-refractivity contribution in [2.24, 2.45) is 0 Å². The lowest BCUT2D eigenvalue weighted by molar-refractivity contribution is -0.122. The molecular formula is C22H22BrNO4S2. The molecule has 0 aromatic heterocycles. The van der Waals surface area contributed by atoms with Gasteiger partial charge in [-0.3, -0.25) is 9.69 Å². The van der Waals surface area contributed by atoms with E-state index in [1.165, 1.54) is 11.8 Å². The van der Waals surface area contributed by atoms with E-state index in [4.69, 9.17) is 26.4 Å². The summed E-state index contributed by atoms with van der Waals surface area (Å²) in [6.45, 7) is 2.97. The number of amides is 1. The monoisotopic (exact) mass is 507 g/mol. The minimum absolute atomic E-state index is 0.0899. The van der Waals surface area contributed by atoms with E-state index in [0.717, 1.165) is 21.3 Å². The molecule has 2 aromatic rings. The molecular weight excluding hydrogens is 486 g/mol. The first-order valence-electron chi connectivity index (χ1n) is 9.35. The second-order valence-corrected chi connectivity index (χ2v) is 8.98. The van der Waals surface area contributed by atoms with E-state index in [1.54, 1.807) is 19.1 Å². The molecule has 1 saturated heterocycles. The molecule has 1 amide bonds. The van der Waals surface area contributed by atoms with Gasteiger partial charge < -0.3 is 14.2 Å². The second-order valence-electron chi connectivity index (χ2n) is 6.39. The molecule has 0 atom stereocenters. The van der Waals surface area contributed by atoms with Crippen LogP contribution >= 0.6 is 39.9 Å². The zero-order valence-electron chi connectivity index (χ0n) is 16.9. The Hall–Kier alpha value is -2.03. The van der Waals surface area contributed by atoms with Gasteiger partial charge in [0, 0.05) is 16.6 Å². The van der Waals surface area contributed by atoms with Crippen LogP contribution in [0.1, 0.15) is 18.1 Å². The lowest BCUT2D eigenvalue weighted by Crippen LogP contribution is -2.30. The minimum atomic E-state index is -0.0899. The number of thiocarbonyl (C=S) groups is 1. The van der Waals surface area contributed by atoms with Crippen molar-refractivity contribution in [3.05, 3.63) is 56.9 Å². The maximum absolute atomic E-state index is 13.0. The highest BCUT2D eigenvalue weighted by Crippen LogP contribution is 2.35. The average molecular weight is 508 g/mol. The normalized spacial score (nSPS) is 15.1. The number of methoxy groups -OCH3 is 2. The number of benzene rings is 2. The van der Waals surface area contributed by atoms with Crippen molar-refractivity contribution in [3.63, 3.8) is 0 Å². The van der Waals surface area contributed by atoms with Crippen LogP contribution in [0, 0.1) is 0 Å². The Morgan fingerprint density at radius 2 is 1.83 bits per heavy atom. The van der Waals surface area contributed by atoms with Gasteiger partial charge in [0.15, 0.2) is 11.5 Å². The number of ether oxygens (including phenoxy) is 3. The van der Waals surface area contributed by atoms with E-state index in [1.807, 2.05) is 49.4 Å². The fourth-order valence-corrected chi connectivity index (χ4v) is 4.71. The smallest absolute Gasteiger partial charge is 0.266 e. The van der Waals surface area contributed by atoms with Crippen molar-refractivity contribution in [1.82, 2.24) is 4.90 Å². The maximum atomic E-state index is 13.0. The van der Waals surface area contributed by atoms with Crippen molar-refractivity contribution in [1.29, 1.82) is 0 Å². The van der Waals surface area contributed by atoms with Gasteiger partial charge in [-0.05, 0) is 55.3 Å². The molecule has 2 aromatic carbocycles. The number of hydrogen-bond donors (Lipinski definition) is 0. The van der Waals surface area contributed by atoms with Crippen molar-refractivity contribution in [2.45, 2.75) is 13.3 Å². The predicted octanol–water partition coefficient (Wildman–Crippen LogP) is 5.31. The first-order chi connectivity index (χ1) is 14.5. The largest absolute Gasteiger partial charge is 0.493 e. The van der Waals surface area contributed by atoms with Gasteiger partial charge in [-0.2, -0.15) is 0 Å². The summed E-state index contributed by atoms with van der Waals surface area (Å²) in [5, 5.41) is 0. The Kier molecular flexibility index (Phi) is 7.80. The van der Waals surface area contributed by atoms with Crippen molar-refractivity contribution < 1.29 is 19.0 Å². The third-order valence-corrected chi connectivity index (χ3v) is 6.37. The van der Waals surface area contributed by atoms with E-state index in [2.05, 4.69) is 15.9 Å². The molecule has 0 radical (unpaired) electrons. The van der Waals surface area contributed by atoms with Gasteiger partial charge in [-0.15, -0.1) is 0 Å². The highest BCUT2D eigenvalue weighted by atomic mass is 79.9. The van der Waals surface area contributed by atoms with E-state index < -0.39 is 0 Å². The Morgan fingerprint density at radius 1 is 1.10 bits per heavy atom. The Morgan fingerprint density at radius 3 is 2.53 bits per heavy atom. The summed E-state index contributed by atoms with van der Waals surface area (Å²) in [4.78, 5) is 15.2. The predicted molar refractivity (Wildman–Crippen MR) is 128 cm³/mol. The topological polar surface area (TPSA) is 48.0 Å². The molecule has 5 nitrogen and oxygen atoms in total. The van der Waals surface area contributed by atoms with Crippen LogP contribution in [0.25, 0.3) is 6.08 Å². The van der Waals surface area contributed by atoms with Crippen molar-refractivity contribution in [2.75, 3.05) is 27.4 Å². The average Bonchev–Trinajstić information content (AvgIpc) is 3.00. The number of carbonyl (C=O) groups excluding carboxylic acids is 1. The molecule has 3 rings (SSSR count). The molecule has 0 N–H and O–H groups in total. The zero-order chi connectivity index (χ0) is 21.7. The number of nitrogens with zero attached hydrogens (tertiary/aromatic N) is 1. The van der Waals surface area contributed by atoms with Crippen LogP contribution in [0.15, 0.2) is 45.8 Å². The van der Waals surface area contributed by atoms with Crippen LogP contribution in [0.2, 0.25) is 0 Å². The van der Waals surface area contributed by atoms with Crippen LogP contribution < -0.4 is 14.2 Å². The molecule has 0 spiro atoms. The van der Waals surface area contributed by atoms with E-state index in [-0.39, 0.29) is 5.91 Å². The number of halogens is 1. The molecule has 0 bridgehead atoms. The van der Waals surface area contributed by atoms with Crippen LogP contribution in [0.3, 0.4) is 0 Å². The molecule has 30 heavy (non-hydrogen) atoms. The van der Waals surface area contributed by atoms with Crippen LogP contribution in [0.5, 0.6) is 17.2 Å². The van der Waals surface area contributed by atoms with Crippen LogP contribution in [-0.4, -0.2) is 42.5 Å². The molecule has 1 aliphatic rings. The summed E-state index contributed by atoms with van der Waals surface area (Å²) in [6.07, 6.45) is 2.49. The molecule has 1 fully saturated rings. The highest BCUT2D eigenvalue weighted by molar-refractivity contribution is 9.10. The summed E-state index contributed by atoms with van der Waals surface area (Å²) in [6, 6.07) is 11.5. The van der Waals surface area contributed by atoms with Gasteiger partial charge >= 0.3 is 0 Å². The lowest BCUT2D eigenvalue weighted by atomic mass is 10.1. The maximum Gasteiger partial charge on any atom is 0.266 e. The minimum Gasteiger partial charge on any atom is -0.493 e. The van der Waals surface area contributed by atoms with Crippen LogP contribution in [-0.2, 0) is 11.2 Å². The summed E-state index contributed by atoms with van der Waals surface area (Å²) in [7, 11) is 3.21. The quantitative estimate of drug-likeness (QED) is 0.356. The molecule has 0 saturated carbocycles. The third-order valence-electron chi connectivity index (χ3n) is 4.50. The number of hydrogen-bond acceptors (Lipinski definition) is 6. The molecule has 1 aliphatic heterocycles. The highest BCUT2D eigenvalue weighted by Gasteiger charge is 2.32. The van der Waals surface area contributed by atoms with Crippen molar-refractivity contribution >= 4 is 56.2 Å². The second kappa shape index (κ2) is 10.3. The summed E-state index contributed by atoms with van der Waals surface area (Å²) < 4.78 is 17.8. The summed E-state index contributed by atoms with van der Waals surface area (Å²) in [5.74, 6) is 1.98. The molecule has 158 valence electrons. The first-order valence-corrected chi connectivity index (χ1v) is 11.4. The van der Waals surface area contributed by atoms with Crippen molar-refractivity contribution in [3.8, 4) is 17.2 Å². The van der Waals surface area contributed by atoms with Gasteiger partial charge in [-0.1, -0.05) is 46.0 Å². The molecule has 0 unspecified atom stereocenters. The van der Waals surface area contributed by atoms with Gasteiger partial charge in [0.05, 0.1) is 25.7 Å². The number of rotatable bonds is 8. The Labute approximate surface area is 194 Å². The Balaban J connectivity index is 1.76. The number of carbonyl (C=O) groups is 1. The Bertz CT molecular complexity index is 993. The number of thioether (sulfide) groups is 1. The van der Waals surface area contributed by atoms with Gasteiger partial charge in [-0.25, -0.2) is 0 Å². The summed E-state index contributed by atoms with van der Waals surface area (Å²) >= 11 is 10.3. The lowest BCUT2D eigenvalue weighted by Gasteiger charge is -2.15. The van der Waals surface area contributed by atoms with E-state index >= 15 is 0 Å². The molecule has 1 heterocycles. The van der Waals surface area contributed by atoms with Gasteiger partial charge in [0.1, 0.15) is 10.1 Å². The molecule has 0 aliphatic carbocycles.